The maximum atomic E-state index is 12.6. The van der Waals surface area contributed by atoms with Gasteiger partial charge in [0.25, 0.3) is 11.8 Å². The van der Waals surface area contributed by atoms with Gasteiger partial charge in [-0.2, -0.15) is 5.10 Å². The van der Waals surface area contributed by atoms with Gasteiger partial charge in [0.05, 0.1) is 16.8 Å². The molecule has 0 radical (unpaired) electrons. The standard InChI is InChI=1S/C24H31N5O3/c1-18-19(16-26(2)25-18)17-27-12-14-28(15-13-27)22(30)10-4-3-7-11-29-23(31)20-8-5-6-9-21(20)24(29)32/h5-6,8-9,16H,3-4,7,10-15,17H2,1-2H3. The highest BCUT2D eigenvalue weighted by molar-refractivity contribution is 6.21. The average Bonchev–Trinajstić information content (AvgIpc) is 3.23. The molecule has 2 aromatic rings. The summed E-state index contributed by atoms with van der Waals surface area (Å²) in [5.74, 6) is -0.218. The smallest absolute Gasteiger partial charge is 0.261 e. The van der Waals surface area contributed by atoms with E-state index in [0.717, 1.165) is 57.7 Å². The predicted octanol–water partition coefficient (Wildman–Crippen LogP) is 2.23. The molecule has 2 aliphatic heterocycles. The second kappa shape index (κ2) is 9.65. The molecule has 3 amide bonds. The van der Waals surface area contributed by atoms with Gasteiger partial charge in [-0.3, -0.25) is 28.9 Å². The van der Waals surface area contributed by atoms with Crippen molar-refractivity contribution < 1.29 is 14.4 Å². The van der Waals surface area contributed by atoms with Crippen molar-refractivity contribution in [1.29, 1.82) is 0 Å². The lowest BCUT2D eigenvalue weighted by atomic mass is 10.1. The van der Waals surface area contributed by atoms with Gasteiger partial charge in [-0.1, -0.05) is 18.6 Å². The molecule has 3 heterocycles. The molecule has 0 spiro atoms. The molecule has 1 aromatic heterocycles. The molecular weight excluding hydrogens is 406 g/mol. The van der Waals surface area contributed by atoms with Crippen molar-refractivity contribution in [1.82, 2.24) is 24.5 Å². The van der Waals surface area contributed by atoms with Gasteiger partial charge in [0.2, 0.25) is 5.91 Å². The quantitative estimate of drug-likeness (QED) is 0.467. The van der Waals surface area contributed by atoms with Crippen LogP contribution in [0.3, 0.4) is 0 Å². The number of fused-ring (bicyclic) bond motifs is 1. The Morgan fingerprint density at radius 3 is 2.22 bits per heavy atom. The maximum Gasteiger partial charge on any atom is 0.261 e. The molecule has 32 heavy (non-hydrogen) atoms. The minimum Gasteiger partial charge on any atom is -0.340 e. The monoisotopic (exact) mass is 437 g/mol. The fourth-order valence-electron chi connectivity index (χ4n) is 4.52. The Balaban J connectivity index is 1.13. The second-order valence-electron chi connectivity index (χ2n) is 8.69. The summed E-state index contributed by atoms with van der Waals surface area (Å²) in [5.41, 5.74) is 3.29. The van der Waals surface area contributed by atoms with E-state index in [4.69, 9.17) is 0 Å². The number of piperazine rings is 1. The van der Waals surface area contributed by atoms with Crippen LogP contribution >= 0.6 is 0 Å². The molecule has 2 aliphatic rings. The number of carbonyl (C=O) groups is 3. The average molecular weight is 438 g/mol. The molecule has 0 N–H and O–H groups in total. The molecule has 1 saturated heterocycles. The summed E-state index contributed by atoms with van der Waals surface area (Å²) in [4.78, 5) is 43.0. The highest BCUT2D eigenvalue weighted by Gasteiger charge is 2.34. The van der Waals surface area contributed by atoms with Crippen molar-refractivity contribution in [2.75, 3.05) is 32.7 Å². The van der Waals surface area contributed by atoms with Crippen molar-refractivity contribution in [2.45, 2.75) is 39.2 Å². The first-order chi connectivity index (χ1) is 15.4. The van der Waals surface area contributed by atoms with Gasteiger partial charge >= 0.3 is 0 Å². The summed E-state index contributed by atoms with van der Waals surface area (Å²) in [6.07, 6.45) is 4.89. The van der Waals surface area contributed by atoms with Crippen LogP contribution in [0.5, 0.6) is 0 Å². The van der Waals surface area contributed by atoms with Crippen molar-refractivity contribution in [3.05, 3.63) is 52.8 Å². The third kappa shape index (κ3) is 4.75. The van der Waals surface area contributed by atoms with Crippen molar-refractivity contribution in [3.8, 4) is 0 Å². The minimum absolute atomic E-state index is 0.197. The molecule has 1 aromatic carbocycles. The van der Waals surface area contributed by atoms with Gasteiger partial charge in [0.1, 0.15) is 0 Å². The molecule has 0 bridgehead atoms. The van der Waals surface area contributed by atoms with Gasteiger partial charge in [-0.25, -0.2) is 0 Å². The Bertz CT molecular complexity index is 972. The summed E-state index contributed by atoms with van der Waals surface area (Å²) in [6.45, 7) is 6.58. The molecule has 0 aliphatic carbocycles. The van der Waals surface area contributed by atoms with E-state index >= 15 is 0 Å². The third-order valence-electron chi connectivity index (χ3n) is 6.38. The Hall–Kier alpha value is -3.00. The Labute approximate surface area is 188 Å². The number of hydrogen-bond acceptors (Lipinski definition) is 5. The maximum absolute atomic E-state index is 12.6. The van der Waals surface area contributed by atoms with E-state index < -0.39 is 0 Å². The first kappa shape index (κ1) is 22.2. The SMILES string of the molecule is Cc1nn(C)cc1CN1CCN(C(=O)CCCCCN2C(=O)c3ccccc3C2=O)CC1. The van der Waals surface area contributed by atoms with Crippen molar-refractivity contribution in [2.24, 2.45) is 7.05 Å². The zero-order valence-corrected chi connectivity index (χ0v) is 18.9. The van der Waals surface area contributed by atoms with Crippen LogP contribution in [0.15, 0.2) is 30.5 Å². The molecule has 8 heteroatoms. The number of imide groups is 1. The Kier molecular flexibility index (Phi) is 6.69. The van der Waals surface area contributed by atoms with E-state index in [0.29, 0.717) is 24.1 Å². The van der Waals surface area contributed by atoms with Crippen molar-refractivity contribution >= 4 is 17.7 Å². The molecule has 0 unspecified atom stereocenters. The predicted molar refractivity (Wildman–Crippen MR) is 120 cm³/mol. The van der Waals surface area contributed by atoms with Crippen LogP contribution < -0.4 is 0 Å². The van der Waals surface area contributed by atoms with Crippen molar-refractivity contribution in [3.63, 3.8) is 0 Å². The van der Waals surface area contributed by atoms with E-state index in [9.17, 15) is 14.4 Å². The van der Waals surface area contributed by atoms with Crippen LogP contribution in [-0.4, -0.2) is 74.9 Å². The third-order valence-corrected chi connectivity index (χ3v) is 6.38. The molecule has 8 nitrogen and oxygen atoms in total. The molecule has 1 fully saturated rings. The first-order valence-electron chi connectivity index (χ1n) is 11.4. The van der Waals surface area contributed by atoms with Crippen LogP contribution in [0.25, 0.3) is 0 Å². The first-order valence-corrected chi connectivity index (χ1v) is 11.4. The molecular formula is C24H31N5O3. The number of amides is 3. The highest BCUT2D eigenvalue weighted by atomic mass is 16.2. The number of unbranched alkanes of at least 4 members (excludes halogenated alkanes) is 2. The Morgan fingerprint density at radius 2 is 1.62 bits per heavy atom. The number of aryl methyl sites for hydroxylation is 2. The topological polar surface area (TPSA) is 78.8 Å². The van der Waals surface area contributed by atoms with Gasteiger partial charge in [0, 0.05) is 64.5 Å². The zero-order chi connectivity index (χ0) is 22.7. The van der Waals surface area contributed by atoms with E-state index in [1.807, 2.05) is 23.6 Å². The minimum atomic E-state index is -0.207. The van der Waals surface area contributed by atoms with Crippen LogP contribution in [0.4, 0.5) is 0 Å². The number of aromatic nitrogens is 2. The number of carbonyl (C=O) groups excluding carboxylic acids is 3. The zero-order valence-electron chi connectivity index (χ0n) is 18.9. The summed E-state index contributed by atoms with van der Waals surface area (Å²) < 4.78 is 1.85. The van der Waals surface area contributed by atoms with E-state index in [-0.39, 0.29) is 17.7 Å². The van der Waals surface area contributed by atoms with E-state index in [2.05, 4.69) is 16.2 Å². The molecule has 0 atom stereocenters. The van der Waals surface area contributed by atoms with Gasteiger partial charge in [-0.05, 0) is 31.9 Å². The lowest BCUT2D eigenvalue weighted by molar-refractivity contribution is -0.133. The Morgan fingerprint density at radius 1 is 0.969 bits per heavy atom. The van der Waals surface area contributed by atoms with Gasteiger partial charge in [0.15, 0.2) is 0 Å². The van der Waals surface area contributed by atoms with E-state index in [1.54, 1.807) is 24.3 Å². The lowest BCUT2D eigenvalue weighted by Crippen LogP contribution is -2.48. The fourth-order valence-corrected chi connectivity index (χ4v) is 4.52. The summed E-state index contributed by atoms with van der Waals surface area (Å²) in [6, 6.07) is 6.95. The highest BCUT2D eigenvalue weighted by Crippen LogP contribution is 2.23. The number of nitrogens with zero attached hydrogens (tertiary/aromatic N) is 5. The van der Waals surface area contributed by atoms with Crippen LogP contribution in [-0.2, 0) is 18.4 Å². The summed E-state index contributed by atoms with van der Waals surface area (Å²) >= 11 is 0. The van der Waals surface area contributed by atoms with E-state index in [1.165, 1.54) is 10.5 Å². The summed E-state index contributed by atoms with van der Waals surface area (Å²) in [5, 5.41) is 4.40. The number of benzene rings is 1. The fraction of sp³-hybridized carbons (Fsp3) is 0.500. The number of rotatable bonds is 8. The van der Waals surface area contributed by atoms with Crippen LogP contribution in [0.2, 0.25) is 0 Å². The molecule has 4 rings (SSSR count). The largest absolute Gasteiger partial charge is 0.340 e. The lowest BCUT2D eigenvalue weighted by Gasteiger charge is -2.34. The summed E-state index contributed by atoms with van der Waals surface area (Å²) in [7, 11) is 1.94. The molecule has 170 valence electrons. The normalized spacial score (nSPS) is 16.7. The van der Waals surface area contributed by atoms with Crippen LogP contribution in [0.1, 0.15) is 57.7 Å². The van der Waals surface area contributed by atoms with Gasteiger partial charge < -0.3 is 4.90 Å². The second-order valence-corrected chi connectivity index (χ2v) is 8.69. The van der Waals surface area contributed by atoms with Crippen LogP contribution in [0, 0.1) is 6.92 Å². The molecule has 0 saturated carbocycles. The van der Waals surface area contributed by atoms with Gasteiger partial charge in [-0.15, -0.1) is 0 Å². The number of hydrogen-bond donors (Lipinski definition) is 0.